The van der Waals surface area contributed by atoms with Crippen LogP contribution in [-0.4, -0.2) is 41.4 Å². The minimum absolute atomic E-state index is 0.301. The Labute approximate surface area is 72.1 Å². The highest BCUT2D eigenvalue weighted by atomic mass is 16.7. The van der Waals surface area contributed by atoms with Crippen LogP contribution >= 0.6 is 0 Å². The zero-order valence-corrected chi connectivity index (χ0v) is 7.65. The lowest BCUT2D eigenvalue weighted by Gasteiger charge is -2.41. The predicted octanol–water partition coefficient (Wildman–Crippen LogP) is -0.120. The molecular weight excluding hydrogens is 160 g/mol. The van der Waals surface area contributed by atoms with Crippen LogP contribution in [0.2, 0.25) is 0 Å². The summed E-state index contributed by atoms with van der Waals surface area (Å²) in [6.45, 7) is 3.30. The van der Waals surface area contributed by atoms with E-state index in [9.17, 15) is 10.2 Å². The summed E-state index contributed by atoms with van der Waals surface area (Å²) in [4.78, 5) is 0. The summed E-state index contributed by atoms with van der Waals surface area (Å²) in [6.07, 6.45) is -1.35. The van der Waals surface area contributed by atoms with E-state index < -0.39 is 24.1 Å². The molecule has 0 radical (unpaired) electrons. The van der Waals surface area contributed by atoms with Crippen LogP contribution in [0.25, 0.3) is 0 Å². The van der Waals surface area contributed by atoms with E-state index in [0.29, 0.717) is 6.42 Å². The molecule has 0 saturated carbocycles. The zero-order chi connectivity index (χ0) is 9.35. The minimum atomic E-state index is -1.11. The fourth-order valence-electron chi connectivity index (χ4n) is 1.46. The fourth-order valence-corrected chi connectivity index (χ4v) is 1.46. The van der Waals surface area contributed by atoms with Crippen LogP contribution in [0.3, 0.4) is 0 Å². The summed E-state index contributed by atoms with van der Waals surface area (Å²) >= 11 is 0. The Balaban J connectivity index is 2.65. The van der Waals surface area contributed by atoms with Crippen molar-refractivity contribution in [1.82, 2.24) is 0 Å². The predicted molar refractivity (Wildman–Crippen MR) is 42.6 cm³/mol. The van der Waals surface area contributed by atoms with Gasteiger partial charge in [0.25, 0.3) is 0 Å². The first kappa shape index (κ1) is 9.92. The van der Waals surface area contributed by atoms with Gasteiger partial charge in [-0.25, -0.2) is 0 Å². The SMILES string of the molecule is CO[C@@H]1C[C@@](C)(O)[C@@H](O)[C@H](C)O1. The van der Waals surface area contributed by atoms with Gasteiger partial charge in [0.05, 0.1) is 11.7 Å². The van der Waals surface area contributed by atoms with Crippen molar-refractivity contribution >= 4 is 0 Å². The summed E-state index contributed by atoms with van der Waals surface area (Å²) in [6, 6.07) is 0. The van der Waals surface area contributed by atoms with Crippen molar-refractivity contribution < 1.29 is 19.7 Å². The Hall–Kier alpha value is -0.160. The van der Waals surface area contributed by atoms with Gasteiger partial charge in [-0.1, -0.05) is 0 Å². The maximum atomic E-state index is 9.70. The number of methoxy groups -OCH3 is 1. The first-order valence-electron chi connectivity index (χ1n) is 4.06. The van der Waals surface area contributed by atoms with Crippen LogP contribution in [0.5, 0.6) is 0 Å². The van der Waals surface area contributed by atoms with Gasteiger partial charge in [0.1, 0.15) is 6.10 Å². The van der Waals surface area contributed by atoms with Gasteiger partial charge in [0.2, 0.25) is 0 Å². The number of rotatable bonds is 1. The summed E-state index contributed by atoms with van der Waals surface area (Å²) in [5.41, 5.74) is -1.11. The van der Waals surface area contributed by atoms with Gasteiger partial charge in [-0.2, -0.15) is 0 Å². The van der Waals surface area contributed by atoms with Gasteiger partial charge < -0.3 is 19.7 Å². The van der Waals surface area contributed by atoms with E-state index in [4.69, 9.17) is 9.47 Å². The van der Waals surface area contributed by atoms with Crippen LogP contribution < -0.4 is 0 Å². The normalized spacial score (nSPS) is 49.2. The maximum absolute atomic E-state index is 9.70. The lowest BCUT2D eigenvalue weighted by Crippen LogP contribution is -2.54. The van der Waals surface area contributed by atoms with Gasteiger partial charge in [-0.3, -0.25) is 0 Å². The molecule has 0 unspecified atom stereocenters. The molecule has 4 atom stereocenters. The molecule has 1 fully saturated rings. The molecule has 0 bridgehead atoms. The third-order valence-electron chi connectivity index (χ3n) is 2.29. The lowest BCUT2D eigenvalue weighted by molar-refractivity contribution is -0.264. The number of aliphatic hydroxyl groups is 2. The molecular formula is C8H16O4. The van der Waals surface area contributed by atoms with Crippen molar-refractivity contribution in [3.8, 4) is 0 Å². The second kappa shape index (κ2) is 3.30. The minimum Gasteiger partial charge on any atom is -0.387 e. The summed E-state index contributed by atoms with van der Waals surface area (Å²) in [5.74, 6) is 0. The highest BCUT2D eigenvalue weighted by molar-refractivity contribution is 4.90. The van der Waals surface area contributed by atoms with Gasteiger partial charge in [0, 0.05) is 13.5 Å². The molecule has 1 saturated heterocycles. The quantitative estimate of drug-likeness (QED) is 0.584. The van der Waals surface area contributed by atoms with Crippen molar-refractivity contribution in [2.75, 3.05) is 7.11 Å². The van der Waals surface area contributed by atoms with Crippen molar-refractivity contribution in [2.45, 2.75) is 44.4 Å². The van der Waals surface area contributed by atoms with Crippen LogP contribution in [0.15, 0.2) is 0 Å². The Morgan fingerprint density at radius 2 is 2.17 bits per heavy atom. The average Bonchev–Trinajstić information content (AvgIpc) is 1.99. The lowest BCUT2D eigenvalue weighted by atomic mass is 9.89. The number of ether oxygens (including phenoxy) is 2. The van der Waals surface area contributed by atoms with Crippen LogP contribution in [0, 0.1) is 0 Å². The largest absolute Gasteiger partial charge is 0.387 e. The van der Waals surface area contributed by atoms with Gasteiger partial charge in [0.15, 0.2) is 6.29 Å². The van der Waals surface area contributed by atoms with Crippen molar-refractivity contribution in [2.24, 2.45) is 0 Å². The molecule has 4 nitrogen and oxygen atoms in total. The molecule has 0 spiro atoms. The summed E-state index contributed by atoms with van der Waals surface area (Å²) < 4.78 is 10.2. The highest BCUT2D eigenvalue weighted by Crippen LogP contribution is 2.28. The van der Waals surface area contributed by atoms with Gasteiger partial charge in [-0.15, -0.1) is 0 Å². The Morgan fingerprint density at radius 1 is 1.58 bits per heavy atom. The average molecular weight is 176 g/mol. The van der Waals surface area contributed by atoms with Gasteiger partial charge >= 0.3 is 0 Å². The molecule has 1 aliphatic rings. The third-order valence-corrected chi connectivity index (χ3v) is 2.29. The molecule has 1 aliphatic heterocycles. The van der Waals surface area contributed by atoms with E-state index in [2.05, 4.69) is 0 Å². The van der Waals surface area contributed by atoms with E-state index in [1.54, 1.807) is 13.8 Å². The molecule has 0 aromatic carbocycles. The van der Waals surface area contributed by atoms with E-state index in [1.165, 1.54) is 7.11 Å². The second-order valence-corrected chi connectivity index (χ2v) is 3.51. The van der Waals surface area contributed by atoms with E-state index in [-0.39, 0.29) is 0 Å². The third kappa shape index (κ3) is 1.77. The molecule has 1 heterocycles. The van der Waals surface area contributed by atoms with E-state index in [1.807, 2.05) is 0 Å². The monoisotopic (exact) mass is 176 g/mol. The van der Waals surface area contributed by atoms with Crippen molar-refractivity contribution in [3.05, 3.63) is 0 Å². The maximum Gasteiger partial charge on any atom is 0.160 e. The smallest absolute Gasteiger partial charge is 0.160 e. The molecule has 0 aromatic heterocycles. The molecule has 1 rings (SSSR count). The topological polar surface area (TPSA) is 58.9 Å². The van der Waals surface area contributed by atoms with E-state index in [0.717, 1.165) is 0 Å². The number of aliphatic hydroxyl groups excluding tert-OH is 1. The standard InChI is InChI=1S/C8H16O4/c1-5-7(9)8(2,10)4-6(11-3)12-5/h5-7,9-10H,4H2,1-3H3/t5-,6-,7-,8+/m0/s1. The molecule has 0 amide bonds. The molecule has 72 valence electrons. The first-order chi connectivity index (χ1) is 5.47. The summed E-state index contributed by atoms with van der Waals surface area (Å²) in [7, 11) is 1.52. The Bertz CT molecular complexity index is 157. The van der Waals surface area contributed by atoms with Crippen molar-refractivity contribution in [3.63, 3.8) is 0 Å². The van der Waals surface area contributed by atoms with Crippen LogP contribution in [0.1, 0.15) is 20.3 Å². The molecule has 0 aromatic rings. The fraction of sp³-hybridized carbons (Fsp3) is 1.00. The first-order valence-corrected chi connectivity index (χ1v) is 4.06. The summed E-state index contributed by atoms with van der Waals surface area (Å²) in [5, 5.41) is 19.2. The second-order valence-electron chi connectivity index (χ2n) is 3.51. The molecule has 12 heavy (non-hydrogen) atoms. The Kier molecular flexibility index (Phi) is 2.73. The molecule has 4 heteroatoms. The van der Waals surface area contributed by atoms with Crippen LogP contribution in [-0.2, 0) is 9.47 Å². The number of hydrogen-bond donors (Lipinski definition) is 2. The molecule has 2 N–H and O–H groups in total. The van der Waals surface area contributed by atoms with Gasteiger partial charge in [-0.05, 0) is 13.8 Å². The Morgan fingerprint density at radius 3 is 2.58 bits per heavy atom. The molecule has 0 aliphatic carbocycles. The van der Waals surface area contributed by atoms with Crippen molar-refractivity contribution in [1.29, 1.82) is 0 Å². The highest BCUT2D eigenvalue weighted by Gasteiger charge is 2.43. The number of hydrogen-bond acceptors (Lipinski definition) is 4. The zero-order valence-electron chi connectivity index (χ0n) is 7.65. The van der Waals surface area contributed by atoms with E-state index >= 15 is 0 Å². The van der Waals surface area contributed by atoms with Crippen LogP contribution in [0.4, 0.5) is 0 Å².